The summed E-state index contributed by atoms with van der Waals surface area (Å²) in [6.45, 7) is 2.89. The lowest BCUT2D eigenvalue weighted by atomic mass is 9.83. The molecule has 13 heavy (non-hydrogen) atoms. The van der Waals surface area contributed by atoms with Gasteiger partial charge in [-0.05, 0) is 24.8 Å². The van der Waals surface area contributed by atoms with Crippen molar-refractivity contribution in [2.24, 2.45) is 11.7 Å². The maximum absolute atomic E-state index is 9.65. The minimum atomic E-state index is 0.198. The fourth-order valence-corrected chi connectivity index (χ4v) is 2.23. The van der Waals surface area contributed by atoms with E-state index in [-0.39, 0.29) is 6.04 Å². The Morgan fingerprint density at radius 2 is 2.38 bits per heavy atom. The molecule has 2 atom stereocenters. The summed E-state index contributed by atoms with van der Waals surface area (Å²) in [5.74, 6) is 0.880. The van der Waals surface area contributed by atoms with Crippen LogP contribution in [0.15, 0.2) is 23.1 Å². The van der Waals surface area contributed by atoms with Crippen molar-refractivity contribution in [1.29, 1.82) is 0 Å². The highest BCUT2D eigenvalue weighted by atomic mass is 16.3. The average molecular weight is 180 g/mol. The second-order valence-electron chi connectivity index (χ2n) is 3.96. The summed E-state index contributed by atoms with van der Waals surface area (Å²) in [6, 6.07) is 0.198. The van der Waals surface area contributed by atoms with Crippen molar-refractivity contribution in [1.82, 2.24) is 5.32 Å². The smallest absolute Gasteiger partial charge is 0.118 e. The topological polar surface area (TPSA) is 58.3 Å². The van der Waals surface area contributed by atoms with E-state index in [0.717, 1.165) is 25.0 Å². The van der Waals surface area contributed by atoms with Crippen molar-refractivity contribution in [2.75, 3.05) is 6.54 Å². The first-order valence-electron chi connectivity index (χ1n) is 4.80. The molecule has 1 heterocycles. The van der Waals surface area contributed by atoms with Gasteiger partial charge in [0.25, 0.3) is 0 Å². The molecule has 1 aliphatic carbocycles. The van der Waals surface area contributed by atoms with E-state index >= 15 is 0 Å². The standard InChI is InChI=1S/C10H16N2O/c1-6-4-7(11)5-8-9(13)2-3-12-10(6)8/h2,6-7,12-13H,3-5,11H2,1H3/t6-,7?/m1/s1. The van der Waals surface area contributed by atoms with E-state index in [2.05, 4.69) is 12.2 Å². The Bertz CT molecular complexity index is 281. The third kappa shape index (κ3) is 1.44. The van der Waals surface area contributed by atoms with Gasteiger partial charge in [0.05, 0.1) is 0 Å². The van der Waals surface area contributed by atoms with Crippen molar-refractivity contribution in [3.05, 3.63) is 23.1 Å². The van der Waals surface area contributed by atoms with Gasteiger partial charge in [-0.2, -0.15) is 0 Å². The number of hydrogen-bond donors (Lipinski definition) is 3. The first-order valence-corrected chi connectivity index (χ1v) is 4.80. The Balaban J connectivity index is 2.34. The zero-order valence-electron chi connectivity index (χ0n) is 7.88. The van der Waals surface area contributed by atoms with Crippen LogP contribution in [0.2, 0.25) is 0 Å². The highest BCUT2D eigenvalue weighted by Crippen LogP contribution is 2.32. The van der Waals surface area contributed by atoms with E-state index in [1.807, 2.05) is 6.08 Å². The third-order valence-electron chi connectivity index (χ3n) is 2.84. The lowest BCUT2D eigenvalue weighted by Crippen LogP contribution is -2.36. The maximum Gasteiger partial charge on any atom is 0.118 e. The summed E-state index contributed by atoms with van der Waals surface area (Å²) in [5, 5.41) is 13.0. The summed E-state index contributed by atoms with van der Waals surface area (Å²) >= 11 is 0. The monoisotopic (exact) mass is 180 g/mol. The molecule has 0 amide bonds. The summed E-state index contributed by atoms with van der Waals surface area (Å²) in [5.41, 5.74) is 8.12. The van der Waals surface area contributed by atoms with Crippen LogP contribution in [0.4, 0.5) is 0 Å². The van der Waals surface area contributed by atoms with E-state index in [0.29, 0.717) is 11.7 Å². The van der Waals surface area contributed by atoms with Gasteiger partial charge in [0.2, 0.25) is 0 Å². The minimum absolute atomic E-state index is 0.198. The fourth-order valence-electron chi connectivity index (χ4n) is 2.23. The van der Waals surface area contributed by atoms with Crippen LogP contribution in [-0.4, -0.2) is 17.7 Å². The Hall–Kier alpha value is -0.960. The van der Waals surface area contributed by atoms with Gasteiger partial charge in [-0.3, -0.25) is 0 Å². The number of nitrogens with two attached hydrogens (primary N) is 1. The van der Waals surface area contributed by atoms with Gasteiger partial charge >= 0.3 is 0 Å². The van der Waals surface area contributed by atoms with E-state index in [1.54, 1.807) is 0 Å². The summed E-state index contributed by atoms with van der Waals surface area (Å²) in [7, 11) is 0. The predicted molar refractivity (Wildman–Crippen MR) is 52.1 cm³/mol. The van der Waals surface area contributed by atoms with Crippen LogP contribution in [0.25, 0.3) is 0 Å². The average Bonchev–Trinajstić information content (AvgIpc) is 2.07. The molecule has 0 aromatic carbocycles. The number of allylic oxidation sites excluding steroid dienone is 2. The number of hydrogen-bond acceptors (Lipinski definition) is 3. The Kier molecular flexibility index (Phi) is 2.04. The molecule has 1 unspecified atom stereocenters. The summed E-state index contributed by atoms with van der Waals surface area (Å²) < 4.78 is 0. The molecule has 0 aromatic heterocycles. The van der Waals surface area contributed by atoms with Gasteiger partial charge in [0.15, 0.2) is 0 Å². The SMILES string of the molecule is C[C@@H]1CC(N)CC2=C1NCC=C2O. The van der Waals surface area contributed by atoms with E-state index < -0.39 is 0 Å². The normalized spacial score (nSPS) is 33.5. The van der Waals surface area contributed by atoms with E-state index in [9.17, 15) is 5.11 Å². The number of nitrogens with one attached hydrogen (secondary N) is 1. The molecule has 3 heteroatoms. The molecule has 72 valence electrons. The van der Waals surface area contributed by atoms with Crippen LogP contribution in [0.5, 0.6) is 0 Å². The Morgan fingerprint density at radius 1 is 1.62 bits per heavy atom. The molecule has 1 aliphatic heterocycles. The maximum atomic E-state index is 9.65. The molecular weight excluding hydrogens is 164 g/mol. The van der Waals surface area contributed by atoms with E-state index in [1.165, 1.54) is 5.70 Å². The predicted octanol–water partition coefficient (Wildman–Crippen LogP) is 1.04. The highest BCUT2D eigenvalue weighted by Gasteiger charge is 2.27. The molecule has 0 radical (unpaired) electrons. The van der Waals surface area contributed by atoms with Gasteiger partial charge in [-0.1, -0.05) is 6.92 Å². The lowest BCUT2D eigenvalue weighted by Gasteiger charge is -2.32. The van der Waals surface area contributed by atoms with Crippen LogP contribution in [0, 0.1) is 5.92 Å². The molecule has 0 saturated heterocycles. The van der Waals surface area contributed by atoms with Crippen molar-refractivity contribution in [3.8, 4) is 0 Å². The molecular formula is C10H16N2O. The second kappa shape index (κ2) is 3.07. The molecule has 3 nitrogen and oxygen atoms in total. The van der Waals surface area contributed by atoms with Crippen molar-refractivity contribution in [3.63, 3.8) is 0 Å². The van der Waals surface area contributed by atoms with Crippen LogP contribution in [0.3, 0.4) is 0 Å². The van der Waals surface area contributed by atoms with E-state index in [4.69, 9.17) is 5.73 Å². The van der Waals surface area contributed by atoms with Crippen molar-refractivity contribution in [2.45, 2.75) is 25.8 Å². The molecule has 0 spiro atoms. The number of rotatable bonds is 0. The van der Waals surface area contributed by atoms with Crippen LogP contribution >= 0.6 is 0 Å². The highest BCUT2D eigenvalue weighted by molar-refractivity contribution is 5.37. The zero-order valence-corrected chi connectivity index (χ0v) is 7.88. The van der Waals surface area contributed by atoms with Crippen LogP contribution in [0.1, 0.15) is 19.8 Å². The van der Waals surface area contributed by atoms with Crippen molar-refractivity contribution >= 4 is 0 Å². The number of aliphatic hydroxyl groups is 1. The largest absolute Gasteiger partial charge is 0.508 e. The van der Waals surface area contributed by atoms with Gasteiger partial charge < -0.3 is 16.2 Å². The molecule has 0 aromatic rings. The van der Waals surface area contributed by atoms with Crippen molar-refractivity contribution < 1.29 is 5.11 Å². The zero-order chi connectivity index (χ0) is 9.42. The summed E-state index contributed by atoms with van der Waals surface area (Å²) in [6.07, 6.45) is 3.62. The van der Waals surface area contributed by atoms with Gasteiger partial charge in [-0.25, -0.2) is 0 Å². The molecule has 2 aliphatic rings. The van der Waals surface area contributed by atoms with Gasteiger partial charge in [0.1, 0.15) is 5.76 Å². The molecule has 2 rings (SSSR count). The van der Waals surface area contributed by atoms with Crippen LogP contribution in [-0.2, 0) is 0 Å². The first-order chi connectivity index (χ1) is 6.18. The number of dihydropyridines is 1. The quantitative estimate of drug-likeness (QED) is 0.522. The van der Waals surface area contributed by atoms with Gasteiger partial charge in [0, 0.05) is 23.9 Å². The lowest BCUT2D eigenvalue weighted by molar-refractivity contribution is 0.373. The fraction of sp³-hybridized carbons (Fsp3) is 0.600. The van der Waals surface area contributed by atoms with Crippen LogP contribution < -0.4 is 11.1 Å². The third-order valence-corrected chi connectivity index (χ3v) is 2.84. The number of aliphatic hydroxyl groups excluding tert-OH is 1. The Labute approximate surface area is 78.3 Å². The second-order valence-corrected chi connectivity index (χ2v) is 3.96. The minimum Gasteiger partial charge on any atom is -0.508 e. The molecule has 0 saturated carbocycles. The summed E-state index contributed by atoms with van der Waals surface area (Å²) in [4.78, 5) is 0. The Morgan fingerprint density at radius 3 is 3.15 bits per heavy atom. The molecule has 4 N–H and O–H groups in total. The molecule has 0 fully saturated rings. The molecule has 0 bridgehead atoms. The van der Waals surface area contributed by atoms with Gasteiger partial charge in [-0.15, -0.1) is 0 Å². The first kappa shape index (κ1) is 8.63.